The van der Waals surface area contributed by atoms with Gasteiger partial charge in [-0.05, 0) is 19.1 Å². The Morgan fingerprint density at radius 2 is 2.36 bits per heavy atom. The van der Waals surface area contributed by atoms with Gasteiger partial charge in [0.1, 0.15) is 11.9 Å². The third-order valence-corrected chi connectivity index (χ3v) is 1.60. The van der Waals surface area contributed by atoms with Gasteiger partial charge < -0.3 is 5.32 Å². The van der Waals surface area contributed by atoms with Crippen LogP contribution in [0.25, 0.3) is 0 Å². The van der Waals surface area contributed by atoms with Crippen molar-refractivity contribution < 1.29 is 0 Å². The van der Waals surface area contributed by atoms with E-state index in [1.165, 1.54) is 0 Å². The molecule has 1 unspecified atom stereocenters. The smallest absolute Gasteiger partial charge is 0.163 e. The Labute approximate surface area is 83.0 Å². The Kier molecular flexibility index (Phi) is 3.46. The van der Waals surface area contributed by atoms with Gasteiger partial charge >= 0.3 is 0 Å². The maximum absolute atomic E-state index is 8.50. The number of nitriles is 1. The molecule has 1 heterocycles. The molecule has 1 aromatic heterocycles. The third kappa shape index (κ3) is 2.76. The quantitative estimate of drug-likeness (QED) is 0.720. The van der Waals surface area contributed by atoms with E-state index >= 15 is 0 Å². The monoisotopic (exact) mass is 186 g/mol. The Morgan fingerprint density at radius 3 is 2.86 bits per heavy atom. The van der Waals surface area contributed by atoms with Crippen LogP contribution in [-0.4, -0.2) is 16.2 Å². The number of aromatic nitrogens is 2. The van der Waals surface area contributed by atoms with Gasteiger partial charge in [-0.2, -0.15) is 5.26 Å². The molecule has 14 heavy (non-hydrogen) atoms. The fourth-order valence-electron chi connectivity index (χ4n) is 0.949. The molecule has 0 fully saturated rings. The summed E-state index contributed by atoms with van der Waals surface area (Å²) in [5.41, 5.74) is 0.306. The zero-order valence-electron chi connectivity index (χ0n) is 7.86. The molecule has 1 aromatic rings. The lowest BCUT2D eigenvalue weighted by Crippen LogP contribution is -2.15. The molecule has 0 amide bonds. The molecule has 0 aliphatic carbocycles. The summed E-state index contributed by atoms with van der Waals surface area (Å²) in [5, 5.41) is 19.1. The van der Waals surface area contributed by atoms with Crippen LogP contribution in [0.4, 0.5) is 5.82 Å². The summed E-state index contributed by atoms with van der Waals surface area (Å²) in [5.74, 6) is 3.18. The van der Waals surface area contributed by atoms with Gasteiger partial charge in [0.05, 0.1) is 0 Å². The average molecular weight is 186 g/mol. The van der Waals surface area contributed by atoms with Gasteiger partial charge in [0, 0.05) is 12.5 Å². The summed E-state index contributed by atoms with van der Waals surface area (Å²) in [6.07, 6.45) is 5.79. The van der Waals surface area contributed by atoms with Gasteiger partial charge in [-0.15, -0.1) is 22.5 Å². The highest BCUT2D eigenvalue weighted by Crippen LogP contribution is 2.04. The largest absolute Gasteiger partial charge is 0.365 e. The van der Waals surface area contributed by atoms with Gasteiger partial charge in [0.2, 0.25) is 0 Å². The summed E-state index contributed by atoms with van der Waals surface area (Å²) >= 11 is 0. The molecule has 1 atom stereocenters. The van der Waals surface area contributed by atoms with Gasteiger partial charge in [-0.1, -0.05) is 0 Å². The number of terminal acetylenes is 1. The van der Waals surface area contributed by atoms with Crippen LogP contribution >= 0.6 is 0 Å². The molecule has 0 spiro atoms. The van der Waals surface area contributed by atoms with Gasteiger partial charge in [0.25, 0.3) is 0 Å². The van der Waals surface area contributed by atoms with Crippen molar-refractivity contribution in [2.24, 2.45) is 0 Å². The fraction of sp³-hybridized carbons (Fsp3) is 0.300. The highest BCUT2D eigenvalue weighted by atomic mass is 15.2. The normalized spacial score (nSPS) is 11.1. The lowest BCUT2D eigenvalue weighted by Gasteiger charge is -2.09. The van der Waals surface area contributed by atoms with E-state index in [4.69, 9.17) is 11.7 Å². The van der Waals surface area contributed by atoms with Crippen molar-refractivity contribution in [1.29, 1.82) is 5.26 Å². The van der Waals surface area contributed by atoms with Crippen LogP contribution in [0.3, 0.4) is 0 Å². The van der Waals surface area contributed by atoms with E-state index in [0.717, 1.165) is 0 Å². The van der Waals surface area contributed by atoms with Crippen molar-refractivity contribution >= 4 is 5.82 Å². The predicted molar refractivity (Wildman–Crippen MR) is 53.3 cm³/mol. The maximum Gasteiger partial charge on any atom is 0.163 e. The third-order valence-electron chi connectivity index (χ3n) is 1.60. The van der Waals surface area contributed by atoms with Crippen molar-refractivity contribution in [2.45, 2.75) is 19.4 Å². The molecule has 4 heteroatoms. The summed E-state index contributed by atoms with van der Waals surface area (Å²) in [4.78, 5) is 0. The van der Waals surface area contributed by atoms with Crippen molar-refractivity contribution in [1.82, 2.24) is 10.2 Å². The van der Waals surface area contributed by atoms with E-state index in [1.54, 1.807) is 12.1 Å². The number of rotatable bonds is 3. The second-order valence-corrected chi connectivity index (χ2v) is 2.87. The molecular weight excluding hydrogens is 176 g/mol. The second-order valence-electron chi connectivity index (χ2n) is 2.87. The van der Waals surface area contributed by atoms with Crippen LogP contribution in [0.1, 0.15) is 19.0 Å². The molecule has 0 bridgehead atoms. The summed E-state index contributed by atoms with van der Waals surface area (Å²) in [7, 11) is 0. The molecule has 1 rings (SSSR count). The average Bonchev–Trinajstić information content (AvgIpc) is 2.19. The van der Waals surface area contributed by atoms with Gasteiger partial charge in [0.15, 0.2) is 5.69 Å². The highest BCUT2D eigenvalue weighted by Gasteiger charge is 2.01. The van der Waals surface area contributed by atoms with E-state index < -0.39 is 0 Å². The van der Waals surface area contributed by atoms with Crippen LogP contribution in [0.15, 0.2) is 12.1 Å². The van der Waals surface area contributed by atoms with Crippen molar-refractivity contribution in [2.75, 3.05) is 5.32 Å². The van der Waals surface area contributed by atoms with E-state index in [1.807, 2.05) is 13.0 Å². The predicted octanol–water partition coefficient (Wildman–Crippen LogP) is 1.17. The second kappa shape index (κ2) is 4.84. The summed E-state index contributed by atoms with van der Waals surface area (Å²) < 4.78 is 0. The first-order valence-electron chi connectivity index (χ1n) is 4.20. The molecular formula is C10H10N4. The Hall–Kier alpha value is -2.07. The standard InChI is InChI=1S/C10H10N4/c1-3-4-8(2)12-10-6-5-9(7-11)13-14-10/h1,5-6,8H,4H2,2H3,(H,12,14). The minimum atomic E-state index is 0.155. The van der Waals surface area contributed by atoms with Crippen molar-refractivity contribution in [3.05, 3.63) is 17.8 Å². The molecule has 1 N–H and O–H groups in total. The Balaban J connectivity index is 2.61. The number of hydrogen-bond donors (Lipinski definition) is 1. The van der Waals surface area contributed by atoms with Crippen LogP contribution < -0.4 is 5.32 Å². The lowest BCUT2D eigenvalue weighted by molar-refractivity contribution is 0.812. The lowest BCUT2D eigenvalue weighted by atomic mass is 10.2. The minimum Gasteiger partial charge on any atom is -0.365 e. The van der Waals surface area contributed by atoms with Gasteiger partial charge in [-0.3, -0.25) is 0 Å². The molecule has 70 valence electrons. The van der Waals surface area contributed by atoms with Crippen LogP contribution in [0.2, 0.25) is 0 Å². The van der Waals surface area contributed by atoms with Crippen LogP contribution in [0.5, 0.6) is 0 Å². The molecule has 0 aromatic carbocycles. The number of anilines is 1. The topological polar surface area (TPSA) is 61.6 Å². The molecule has 0 saturated carbocycles. The van der Waals surface area contributed by atoms with E-state index in [-0.39, 0.29) is 6.04 Å². The summed E-state index contributed by atoms with van der Waals surface area (Å²) in [6.45, 7) is 1.96. The Bertz CT molecular complexity index is 369. The molecule has 0 aliphatic heterocycles. The van der Waals surface area contributed by atoms with Crippen LogP contribution in [-0.2, 0) is 0 Å². The minimum absolute atomic E-state index is 0.155. The zero-order valence-corrected chi connectivity index (χ0v) is 7.86. The number of hydrogen-bond acceptors (Lipinski definition) is 4. The first kappa shape index (κ1) is 10.0. The first-order chi connectivity index (χ1) is 6.76. The fourth-order valence-corrected chi connectivity index (χ4v) is 0.949. The molecule has 0 aliphatic rings. The number of nitrogens with one attached hydrogen (secondary N) is 1. The maximum atomic E-state index is 8.50. The first-order valence-corrected chi connectivity index (χ1v) is 4.20. The molecule has 0 saturated heterocycles. The van der Waals surface area contributed by atoms with Gasteiger partial charge in [-0.25, -0.2) is 0 Å². The van der Waals surface area contributed by atoms with E-state index in [9.17, 15) is 0 Å². The van der Waals surface area contributed by atoms with Crippen molar-refractivity contribution in [3.63, 3.8) is 0 Å². The Morgan fingerprint density at radius 1 is 1.57 bits per heavy atom. The highest BCUT2D eigenvalue weighted by molar-refractivity contribution is 5.36. The zero-order chi connectivity index (χ0) is 10.4. The van der Waals surface area contributed by atoms with E-state index in [0.29, 0.717) is 17.9 Å². The number of nitrogens with zero attached hydrogens (tertiary/aromatic N) is 3. The SMILES string of the molecule is C#CCC(C)Nc1ccc(C#N)nn1. The van der Waals surface area contributed by atoms with Crippen LogP contribution in [0, 0.1) is 23.7 Å². The van der Waals surface area contributed by atoms with E-state index in [2.05, 4.69) is 21.4 Å². The molecule has 0 radical (unpaired) electrons. The summed E-state index contributed by atoms with van der Waals surface area (Å²) in [6, 6.07) is 5.37. The molecule has 4 nitrogen and oxygen atoms in total. The van der Waals surface area contributed by atoms with Crippen molar-refractivity contribution in [3.8, 4) is 18.4 Å².